The normalized spacial score (nSPS) is 10.1. The molecule has 0 unspecified atom stereocenters. The van der Waals surface area contributed by atoms with Crippen LogP contribution in [-0.4, -0.2) is 43.7 Å². The first-order chi connectivity index (χ1) is 9.16. The van der Waals surface area contributed by atoms with Gasteiger partial charge in [-0.1, -0.05) is 0 Å². The zero-order valence-corrected chi connectivity index (χ0v) is 9.83. The molecule has 19 heavy (non-hydrogen) atoms. The third kappa shape index (κ3) is 3.35. The van der Waals surface area contributed by atoms with E-state index in [0.717, 1.165) is 6.20 Å². The van der Waals surface area contributed by atoms with Gasteiger partial charge in [-0.25, -0.2) is 9.78 Å². The minimum absolute atomic E-state index is 0.0400. The first-order valence-corrected chi connectivity index (χ1v) is 5.48. The molecule has 0 fully saturated rings. The molecular formula is C11H11N5O3. The van der Waals surface area contributed by atoms with Crippen LogP contribution in [0, 0.1) is 0 Å². The van der Waals surface area contributed by atoms with Crippen molar-refractivity contribution in [2.24, 2.45) is 0 Å². The van der Waals surface area contributed by atoms with Crippen LogP contribution in [0.5, 0.6) is 0 Å². The molecule has 3 N–H and O–H groups in total. The van der Waals surface area contributed by atoms with Crippen molar-refractivity contribution < 1.29 is 14.7 Å². The second-order valence-electron chi connectivity index (χ2n) is 3.68. The van der Waals surface area contributed by atoms with Crippen LogP contribution in [0.2, 0.25) is 0 Å². The standard InChI is InChI=1S/C11H11N5O3/c17-10(12-4-3-9-14-6-15-16-9)8-2-1-7(5-13-8)11(18)19/h1-2,5-6H,3-4H2,(H,12,17)(H,18,19)(H,14,15,16). The number of H-pyrrole nitrogens is 1. The van der Waals surface area contributed by atoms with Gasteiger partial charge >= 0.3 is 5.97 Å². The van der Waals surface area contributed by atoms with Crippen LogP contribution in [0.15, 0.2) is 24.7 Å². The van der Waals surface area contributed by atoms with Gasteiger partial charge < -0.3 is 10.4 Å². The third-order valence-corrected chi connectivity index (χ3v) is 2.36. The molecule has 2 aromatic rings. The third-order valence-electron chi connectivity index (χ3n) is 2.36. The van der Waals surface area contributed by atoms with Crippen LogP contribution in [0.25, 0.3) is 0 Å². The predicted octanol–water partition coefficient (Wildman–Crippen LogP) is -0.130. The molecule has 0 saturated heterocycles. The lowest BCUT2D eigenvalue weighted by molar-refractivity contribution is 0.0695. The molecule has 0 atom stereocenters. The predicted molar refractivity (Wildman–Crippen MR) is 63.6 cm³/mol. The minimum Gasteiger partial charge on any atom is -0.478 e. The van der Waals surface area contributed by atoms with Crippen molar-refractivity contribution in [3.63, 3.8) is 0 Å². The number of carboxylic acids is 1. The Labute approximate surface area is 107 Å². The molecule has 0 aromatic carbocycles. The molecule has 2 aromatic heterocycles. The summed E-state index contributed by atoms with van der Waals surface area (Å²) in [6.45, 7) is 0.385. The lowest BCUT2D eigenvalue weighted by atomic mass is 10.2. The quantitative estimate of drug-likeness (QED) is 0.689. The first kappa shape index (κ1) is 12.7. The highest BCUT2D eigenvalue weighted by molar-refractivity contribution is 5.93. The number of aromatic carboxylic acids is 1. The fourth-order valence-electron chi connectivity index (χ4n) is 1.39. The lowest BCUT2D eigenvalue weighted by Gasteiger charge is -2.03. The number of rotatable bonds is 5. The number of nitrogens with zero attached hydrogens (tertiary/aromatic N) is 3. The van der Waals surface area contributed by atoms with Gasteiger partial charge in [-0.15, -0.1) is 0 Å². The Bertz CT molecular complexity index is 565. The topological polar surface area (TPSA) is 121 Å². The van der Waals surface area contributed by atoms with Gasteiger partial charge in [0.05, 0.1) is 5.56 Å². The van der Waals surface area contributed by atoms with Crippen molar-refractivity contribution in [3.8, 4) is 0 Å². The molecule has 2 heterocycles. The van der Waals surface area contributed by atoms with Crippen LogP contribution in [-0.2, 0) is 6.42 Å². The Morgan fingerprint density at radius 2 is 2.16 bits per heavy atom. The van der Waals surface area contributed by atoms with Gasteiger partial charge in [0.25, 0.3) is 5.91 Å². The van der Waals surface area contributed by atoms with E-state index in [1.807, 2.05) is 0 Å². The van der Waals surface area contributed by atoms with E-state index in [0.29, 0.717) is 18.8 Å². The minimum atomic E-state index is -1.08. The average Bonchev–Trinajstić information content (AvgIpc) is 2.92. The summed E-state index contributed by atoms with van der Waals surface area (Å²) >= 11 is 0. The van der Waals surface area contributed by atoms with Crippen LogP contribution < -0.4 is 5.32 Å². The Morgan fingerprint density at radius 1 is 1.32 bits per heavy atom. The van der Waals surface area contributed by atoms with Gasteiger partial charge in [0.2, 0.25) is 0 Å². The second-order valence-corrected chi connectivity index (χ2v) is 3.68. The Morgan fingerprint density at radius 3 is 2.74 bits per heavy atom. The van der Waals surface area contributed by atoms with Crippen molar-refractivity contribution in [2.75, 3.05) is 6.54 Å². The van der Waals surface area contributed by atoms with Gasteiger partial charge in [0.15, 0.2) is 0 Å². The maximum atomic E-state index is 11.7. The van der Waals surface area contributed by atoms with Crippen molar-refractivity contribution >= 4 is 11.9 Å². The number of carboxylic acid groups (broad SMARTS) is 1. The maximum Gasteiger partial charge on any atom is 0.337 e. The van der Waals surface area contributed by atoms with Gasteiger partial charge in [-0.3, -0.25) is 14.9 Å². The maximum absolute atomic E-state index is 11.7. The number of hydrogen-bond donors (Lipinski definition) is 3. The van der Waals surface area contributed by atoms with E-state index >= 15 is 0 Å². The van der Waals surface area contributed by atoms with Gasteiger partial charge in [-0.2, -0.15) is 5.10 Å². The molecule has 0 aliphatic heterocycles. The zero-order chi connectivity index (χ0) is 13.7. The van der Waals surface area contributed by atoms with E-state index in [9.17, 15) is 9.59 Å². The van der Waals surface area contributed by atoms with Crippen molar-refractivity contribution in [1.82, 2.24) is 25.5 Å². The first-order valence-electron chi connectivity index (χ1n) is 5.48. The van der Waals surface area contributed by atoms with E-state index in [2.05, 4.69) is 25.5 Å². The highest BCUT2D eigenvalue weighted by atomic mass is 16.4. The lowest BCUT2D eigenvalue weighted by Crippen LogP contribution is -2.26. The van der Waals surface area contributed by atoms with Crippen molar-refractivity contribution in [2.45, 2.75) is 6.42 Å². The summed E-state index contributed by atoms with van der Waals surface area (Å²) in [5.74, 6) is -0.768. The van der Waals surface area contributed by atoms with E-state index in [1.165, 1.54) is 18.5 Å². The molecule has 8 nitrogen and oxygen atoms in total. The molecule has 98 valence electrons. The Hall–Kier alpha value is -2.77. The summed E-state index contributed by atoms with van der Waals surface area (Å²) in [6, 6.07) is 2.70. The van der Waals surface area contributed by atoms with Crippen LogP contribution in [0.4, 0.5) is 0 Å². The molecule has 0 radical (unpaired) electrons. The largest absolute Gasteiger partial charge is 0.478 e. The monoisotopic (exact) mass is 261 g/mol. The molecule has 2 rings (SSSR count). The highest BCUT2D eigenvalue weighted by Crippen LogP contribution is 2.00. The number of hydrogen-bond acceptors (Lipinski definition) is 5. The van der Waals surface area contributed by atoms with Gasteiger partial charge in [0, 0.05) is 19.2 Å². The number of pyridine rings is 1. The Kier molecular flexibility index (Phi) is 3.81. The Balaban J connectivity index is 1.87. The number of aromatic nitrogens is 4. The van der Waals surface area contributed by atoms with Gasteiger partial charge in [0.1, 0.15) is 17.8 Å². The van der Waals surface area contributed by atoms with E-state index in [-0.39, 0.29) is 17.2 Å². The number of nitrogens with one attached hydrogen (secondary N) is 2. The zero-order valence-electron chi connectivity index (χ0n) is 9.83. The van der Waals surface area contributed by atoms with E-state index < -0.39 is 5.97 Å². The molecule has 0 spiro atoms. The molecule has 0 aliphatic rings. The summed E-state index contributed by atoms with van der Waals surface area (Å²) < 4.78 is 0. The fraction of sp³-hybridized carbons (Fsp3) is 0.182. The SMILES string of the molecule is O=C(O)c1ccc(C(=O)NCCc2ncn[nH]2)nc1. The second kappa shape index (κ2) is 5.71. The molecule has 0 saturated carbocycles. The highest BCUT2D eigenvalue weighted by Gasteiger charge is 2.09. The molecule has 1 amide bonds. The van der Waals surface area contributed by atoms with Crippen molar-refractivity contribution in [1.29, 1.82) is 0 Å². The van der Waals surface area contributed by atoms with Crippen LogP contribution >= 0.6 is 0 Å². The summed E-state index contributed by atoms with van der Waals surface area (Å²) in [5, 5.41) is 17.7. The number of carbonyl (C=O) groups excluding carboxylic acids is 1. The average molecular weight is 261 g/mol. The number of aromatic amines is 1. The number of carbonyl (C=O) groups is 2. The van der Waals surface area contributed by atoms with Gasteiger partial charge in [-0.05, 0) is 12.1 Å². The fourth-order valence-corrected chi connectivity index (χ4v) is 1.39. The van der Waals surface area contributed by atoms with Crippen molar-refractivity contribution in [3.05, 3.63) is 41.7 Å². The molecular weight excluding hydrogens is 250 g/mol. The molecule has 8 heteroatoms. The summed E-state index contributed by atoms with van der Waals surface area (Å²) in [6.07, 6.45) is 3.07. The summed E-state index contributed by atoms with van der Waals surface area (Å²) in [5.41, 5.74) is 0.209. The smallest absolute Gasteiger partial charge is 0.337 e. The summed E-state index contributed by atoms with van der Waals surface area (Å²) in [7, 11) is 0. The molecule has 0 bridgehead atoms. The van der Waals surface area contributed by atoms with E-state index in [1.54, 1.807) is 0 Å². The van der Waals surface area contributed by atoms with E-state index in [4.69, 9.17) is 5.11 Å². The summed E-state index contributed by atoms with van der Waals surface area (Å²) in [4.78, 5) is 30.0. The van der Waals surface area contributed by atoms with Crippen LogP contribution in [0.3, 0.4) is 0 Å². The number of amides is 1. The van der Waals surface area contributed by atoms with Crippen LogP contribution in [0.1, 0.15) is 26.7 Å². The molecule has 0 aliphatic carbocycles.